The summed E-state index contributed by atoms with van der Waals surface area (Å²) in [5, 5.41) is 11.6. The van der Waals surface area contributed by atoms with E-state index in [9.17, 15) is 4.79 Å². The number of aryl methyl sites for hydroxylation is 1. The van der Waals surface area contributed by atoms with Crippen LogP contribution in [0.1, 0.15) is 37.8 Å². The van der Waals surface area contributed by atoms with Gasteiger partial charge in [-0.2, -0.15) is 0 Å². The largest absolute Gasteiger partial charge is 0.693 e. The maximum Gasteiger partial charge on any atom is -0.693 e. The predicted octanol–water partition coefficient (Wildman–Crippen LogP) is 4.35. The molecule has 0 bridgehead atoms. The van der Waals surface area contributed by atoms with E-state index in [4.69, 9.17) is 24.0 Å². The van der Waals surface area contributed by atoms with Gasteiger partial charge in [0, 0.05) is 30.5 Å². The summed E-state index contributed by atoms with van der Waals surface area (Å²) < 4.78 is 0. The van der Waals surface area contributed by atoms with Crippen LogP contribution in [-0.2, 0) is 21.3 Å². The van der Waals surface area contributed by atoms with Crippen molar-refractivity contribution in [3.8, 4) is 0 Å². The Morgan fingerprint density at radius 1 is 1.32 bits per heavy atom. The molecule has 0 aliphatic carbocycles. The molecule has 1 aromatic rings. The second-order valence-electron chi connectivity index (χ2n) is 4.36. The minimum absolute atomic E-state index is 0. The normalized spacial score (nSPS) is 9.27. The minimum Gasteiger partial charge on any atom is -0.693 e. The van der Waals surface area contributed by atoms with Crippen LogP contribution in [0.4, 0.5) is 5.69 Å². The summed E-state index contributed by atoms with van der Waals surface area (Å²) in [4.78, 5) is 14.9. The number of hydrogen-bond acceptors (Lipinski definition) is 4. The molecular formula is C13H23Cl2N4O2Pt-. The van der Waals surface area contributed by atoms with Gasteiger partial charge in [0.05, 0.1) is 0 Å². The van der Waals surface area contributed by atoms with Gasteiger partial charge in [0.1, 0.15) is 0 Å². The van der Waals surface area contributed by atoms with Crippen molar-refractivity contribution in [3.05, 3.63) is 30.2 Å². The molecule has 0 aliphatic heterocycles. The number of carbonyl (C=O) groups is 1. The molecule has 1 rings (SSSR count). The average Bonchev–Trinajstić information content (AvgIpc) is 2.47. The van der Waals surface area contributed by atoms with E-state index in [0.29, 0.717) is 6.42 Å². The summed E-state index contributed by atoms with van der Waals surface area (Å²) in [6.07, 6.45) is 6.17. The van der Waals surface area contributed by atoms with Crippen molar-refractivity contribution in [1.29, 1.82) is 0 Å². The minimum atomic E-state index is -0.472. The molecule has 0 aliphatic rings. The average molecular weight is 533 g/mol. The predicted molar refractivity (Wildman–Crippen MR) is 87.5 cm³/mol. The summed E-state index contributed by atoms with van der Waals surface area (Å²) in [6, 6.07) is 3.98. The number of nitrogens with zero attached hydrogens (tertiary/aromatic N) is 1. The first-order valence-corrected chi connectivity index (χ1v) is 12.2. The Labute approximate surface area is 148 Å². The molecule has 5 N–H and O–H groups in total. The van der Waals surface area contributed by atoms with E-state index in [-0.39, 0.29) is 12.1 Å². The van der Waals surface area contributed by atoms with E-state index in [1.807, 2.05) is 19.1 Å². The molecule has 0 atom stereocenters. The Hall–Kier alpha value is -0.392. The third-order valence-corrected chi connectivity index (χ3v) is 2.68. The van der Waals surface area contributed by atoms with Crippen molar-refractivity contribution in [2.24, 2.45) is 0 Å². The number of rotatable bonds is 8. The van der Waals surface area contributed by atoms with Gasteiger partial charge in [0.25, 0.3) is 0 Å². The van der Waals surface area contributed by atoms with Crippen LogP contribution < -0.4 is 10.8 Å². The Bertz CT molecular complexity index is 400. The SMILES string of the molecule is Cc1cc(NCCCCCCC(=O)NO)ccn1.[Cl][Pt][Cl].[NH2-]. The molecule has 1 amide bonds. The zero-order valence-electron chi connectivity index (χ0n) is 12.4. The molecule has 0 saturated heterocycles. The van der Waals surface area contributed by atoms with Gasteiger partial charge in [0.2, 0.25) is 5.91 Å². The fourth-order valence-corrected chi connectivity index (χ4v) is 1.71. The van der Waals surface area contributed by atoms with Gasteiger partial charge in [-0.1, -0.05) is 12.8 Å². The number of carbonyl (C=O) groups excluding carboxylic acids is 1. The molecular weight excluding hydrogens is 510 g/mol. The summed E-state index contributed by atoms with van der Waals surface area (Å²) in [6.45, 7) is 2.90. The van der Waals surface area contributed by atoms with Crippen molar-refractivity contribution in [1.82, 2.24) is 10.5 Å². The smallest absolute Gasteiger partial charge is 0.693 e. The molecule has 22 heavy (non-hydrogen) atoms. The molecule has 0 saturated carbocycles. The summed E-state index contributed by atoms with van der Waals surface area (Å²) >= 11 is -0.472. The van der Waals surface area contributed by atoms with Gasteiger partial charge < -0.3 is 11.5 Å². The third-order valence-electron chi connectivity index (χ3n) is 2.68. The molecule has 0 radical (unpaired) electrons. The van der Waals surface area contributed by atoms with E-state index in [1.165, 1.54) is 0 Å². The van der Waals surface area contributed by atoms with Crippen molar-refractivity contribution in [2.75, 3.05) is 11.9 Å². The van der Waals surface area contributed by atoms with E-state index in [0.717, 1.165) is 43.6 Å². The number of hydrogen-bond donors (Lipinski definition) is 3. The van der Waals surface area contributed by atoms with Crippen LogP contribution in [0, 0.1) is 6.92 Å². The molecule has 0 spiro atoms. The van der Waals surface area contributed by atoms with E-state index in [2.05, 4.69) is 10.3 Å². The quantitative estimate of drug-likeness (QED) is 0.262. The molecule has 1 heterocycles. The zero-order chi connectivity index (χ0) is 15.9. The van der Waals surface area contributed by atoms with Crippen LogP contribution in [0.25, 0.3) is 6.15 Å². The fraction of sp³-hybridized carbons (Fsp3) is 0.538. The topological polar surface area (TPSA) is 108 Å². The number of amides is 1. The van der Waals surface area contributed by atoms with Crippen LogP contribution in [0.2, 0.25) is 0 Å². The number of nitrogens with one attached hydrogen (secondary N) is 2. The van der Waals surface area contributed by atoms with E-state index >= 15 is 0 Å². The Kier molecular flexibility index (Phi) is 18.4. The maximum absolute atomic E-state index is 10.7. The van der Waals surface area contributed by atoms with Crippen LogP contribution in [0.15, 0.2) is 18.3 Å². The van der Waals surface area contributed by atoms with Crippen molar-refractivity contribution in [2.45, 2.75) is 39.0 Å². The molecule has 0 aromatic carbocycles. The van der Waals surface area contributed by atoms with Gasteiger partial charge in [-0.15, -0.1) is 0 Å². The van der Waals surface area contributed by atoms with Crippen molar-refractivity contribution < 1.29 is 26.5 Å². The number of nitrogens with two attached hydrogens (primary N) is 1. The first kappa shape index (κ1) is 23.9. The number of unbranched alkanes of at least 4 members (excludes halogenated alkanes) is 3. The fourth-order valence-electron chi connectivity index (χ4n) is 1.71. The summed E-state index contributed by atoms with van der Waals surface area (Å²) in [5.41, 5.74) is 3.75. The first-order valence-electron chi connectivity index (χ1n) is 6.56. The Morgan fingerprint density at radius 3 is 2.55 bits per heavy atom. The van der Waals surface area contributed by atoms with Crippen molar-refractivity contribution in [3.63, 3.8) is 0 Å². The molecule has 0 fully saturated rings. The van der Waals surface area contributed by atoms with Crippen LogP contribution in [0.5, 0.6) is 0 Å². The Morgan fingerprint density at radius 2 is 1.95 bits per heavy atom. The molecule has 0 unspecified atom stereocenters. The van der Waals surface area contributed by atoms with Gasteiger partial charge in [-0.3, -0.25) is 15.0 Å². The van der Waals surface area contributed by atoms with Crippen molar-refractivity contribution >= 4 is 30.4 Å². The molecule has 6 nitrogen and oxygen atoms in total. The molecule has 9 heteroatoms. The number of halogens is 2. The van der Waals surface area contributed by atoms with Gasteiger partial charge >= 0.3 is 35.3 Å². The second kappa shape index (κ2) is 17.0. The monoisotopic (exact) mass is 532 g/mol. The van der Waals surface area contributed by atoms with Gasteiger partial charge in [-0.25, -0.2) is 5.48 Å². The zero-order valence-corrected chi connectivity index (χ0v) is 16.2. The van der Waals surface area contributed by atoms with E-state index in [1.54, 1.807) is 11.7 Å². The standard InChI is InChI=1S/C13H21N3O2.2ClH.H2N.Pt/c1-11-10-12(7-9-14-11)15-8-5-3-2-4-6-13(17)16-18;;;;/h7,9-10,18H,2-6,8H2,1H3,(H,14,15)(H,16,17);2*1H;1H2;/q;;;-1;+2/p-2. The molecule has 1 aromatic heterocycles. The summed E-state index contributed by atoms with van der Waals surface area (Å²) in [5.74, 6) is -0.305. The third kappa shape index (κ3) is 14.5. The number of hydroxylamine groups is 1. The van der Waals surface area contributed by atoms with Gasteiger partial charge in [-0.05, 0) is 31.9 Å². The van der Waals surface area contributed by atoms with Crippen LogP contribution in [-0.4, -0.2) is 22.6 Å². The first-order chi connectivity index (χ1) is 10.1. The summed E-state index contributed by atoms with van der Waals surface area (Å²) in [7, 11) is 9.75. The van der Waals surface area contributed by atoms with Crippen LogP contribution >= 0.6 is 18.8 Å². The number of aromatic nitrogens is 1. The Balaban J connectivity index is 0. The second-order valence-corrected chi connectivity index (χ2v) is 7.64. The maximum atomic E-state index is 10.7. The van der Waals surface area contributed by atoms with Crippen LogP contribution in [0.3, 0.4) is 0 Å². The number of pyridine rings is 1. The molecule has 132 valence electrons. The van der Waals surface area contributed by atoms with E-state index < -0.39 is 16.5 Å². The number of anilines is 1. The van der Waals surface area contributed by atoms with Gasteiger partial charge in [0.15, 0.2) is 0 Å².